The molecule has 25 heteroatoms. The normalized spacial score (nSPS) is 31.2. The number of hydrogen-bond donors (Lipinski definition) is 8. The molecular weight excluding hydrogens is 1090 g/mol. The number of ketones is 2. The standard InChI is InChI=1S/C57H85N11O12S2/c1-33-24-41-49(43(70)27-42(51(41)74)65-53(75)34(2)10-7-11-44(78-5)52(80-55(58)77)36(4)26-35(3)50(73)45(25-33)79-6)60-18-9-17-59-47(71)12-8-19-68-48(72)28-46(54(68)76)82-32-40-16-23-67-22-15-39(63-57(67)64-40)31-81-30-38-14-21-66-20-13-37(29-69)61-56(66)62-38/h7,10-11,26-27,33,35,37-40,44-46,50,52,60,69,73H,8-9,12-25,28-32H2,1-6H3,(H2,58,77)(H,59,71)(H,61,62)(H,63,64)(H,65,75)/b11-7-,34-10+,36-26+/t33-,35+,37-,38-,39-,40-,44+,45+,46?,50-,52+/m1/s1. The number of amides is 5. The van der Waals surface area contributed by atoms with Gasteiger partial charge >= 0.3 is 6.09 Å². The maximum atomic E-state index is 14.2. The molecule has 0 saturated carbocycles. The zero-order valence-corrected chi connectivity index (χ0v) is 49.8. The van der Waals surface area contributed by atoms with E-state index in [9.17, 15) is 43.8 Å². The van der Waals surface area contributed by atoms with E-state index >= 15 is 0 Å². The Bertz CT molecular complexity index is 2570. The van der Waals surface area contributed by atoms with Crippen LogP contribution in [0.25, 0.3) is 0 Å². The fraction of sp³-hybridized carbons (Fsp3) is 0.667. The van der Waals surface area contributed by atoms with Gasteiger partial charge in [0.1, 0.15) is 6.10 Å². The van der Waals surface area contributed by atoms with Crippen molar-refractivity contribution in [3.05, 3.63) is 58.5 Å². The van der Waals surface area contributed by atoms with Crippen LogP contribution < -0.4 is 32.3 Å². The highest BCUT2D eigenvalue weighted by molar-refractivity contribution is 8.00. The van der Waals surface area contributed by atoms with Crippen LogP contribution in [0.3, 0.4) is 0 Å². The SMILES string of the molecule is CO[C@H]1/C=C\C=C(/C)C(=O)NC2=CC(=O)C(NCCCNC(=O)CCCN3C(=O)CC(SC[C@H]4CCN5CC[C@H](CSC[C@H]6CCN7CC[C@H](CO)N=C7N6)NC5=N4)C3=O)=C(C[C@@H](C)C[C@H](OC)[C@H](O)[C@@H](C)/C=C(\C)[C@@H]1OC(N)=O)C2=O. The smallest absolute Gasteiger partial charge is 0.405 e. The van der Waals surface area contributed by atoms with Gasteiger partial charge in [0.15, 0.2) is 18.0 Å². The van der Waals surface area contributed by atoms with Crippen LogP contribution in [-0.2, 0) is 43.0 Å². The number of carbonyl (C=O) groups is 7. The van der Waals surface area contributed by atoms with Gasteiger partial charge in [0.05, 0.1) is 47.5 Å². The Kier molecular flexibility index (Phi) is 23.9. The fourth-order valence-corrected chi connectivity index (χ4v) is 13.6. The Labute approximate surface area is 489 Å². The first-order chi connectivity index (χ1) is 39.3. The summed E-state index contributed by atoms with van der Waals surface area (Å²) in [4.78, 5) is 108. The number of likely N-dealkylation sites (tertiary alicyclic amines) is 1. The van der Waals surface area contributed by atoms with E-state index in [0.717, 1.165) is 81.4 Å². The van der Waals surface area contributed by atoms with Crippen molar-refractivity contribution >= 4 is 76.7 Å². The number of carbonyl (C=O) groups excluding carboxylic acids is 7. The predicted octanol–water partition coefficient (Wildman–Crippen LogP) is 1.81. The number of aliphatic hydroxyl groups excluding tert-OH is 2. The molecule has 6 heterocycles. The van der Waals surface area contributed by atoms with E-state index in [1.807, 2.05) is 18.7 Å². The number of nitrogens with one attached hydrogen (secondary N) is 5. The largest absolute Gasteiger partial charge is 0.439 e. The van der Waals surface area contributed by atoms with Gasteiger partial charge in [-0.05, 0) is 76.7 Å². The molecule has 2 bridgehead atoms. The van der Waals surface area contributed by atoms with Crippen LogP contribution >= 0.6 is 23.5 Å². The highest BCUT2D eigenvalue weighted by Gasteiger charge is 2.40. The van der Waals surface area contributed by atoms with Crippen LogP contribution in [0.4, 0.5) is 4.79 Å². The lowest BCUT2D eigenvalue weighted by atomic mass is 9.85. The van der Waals surface area contributed by atoms with Gasteiger partial charge in [-0.1, -0.05) is 38.2 Å². The molecule has 5 amide bonds. The molecule has 0 aromatic rings. The van der Waals surface area contributed by atoms with E-state index < -0.39 is 59.2 Å². The first-order valence-electron chi connectivity index (χ1n) is 28.8. The molecule has 1 unspecified atom stereocenters. The second-order valence-electron chi connectivity index (χ2n) is 22.3. The average Bonchev–Trinajstić information content (AvgIpc) is 3.83. The van der Waals surface area contributed by atoms with Gasteiger partial charge in [0.2, 0.25) is 29.3 Å². The number of allylic oxidation sites excluding steroid dienone is 4. The Balaban J connectivity index is 0.849. The lowest BCUT2D eigenvalue weighted by Crippen LogP contribution is -2.57. The zero-order chi connectivity index (χ0) is 59.0. The van der Waals surface area contributed by atoms with E-state index in [2.05, 4.69) is 36.4 Å². The number of imide groups is 1. The van der Waals surface area contributed by atoms with Gasteiger partial charge < -0.3 is 66.5 Å². The summed E-state index contributed by atoms with van der Waals surface area (Å²) in [7, 11) is 2.89. The van der Waals surface area contributed by atoms with Gasteiger partial charge in [0, 0.05) is 125 Å². The number of aliphatic hydroxyl groups is 2. The number of hydrogen-bond acceptors (Lipinski definition) is 21. The molecule has 9 N–H and O–H groups in total. The van der Waals surface area contributed by atoms with Crippen molar-refractivity contribution in [2.75, 3.05) is 83.9 Å². The van der Waals surface area contributed by atoms with E-state index in [-0.39, 0.29) is 110 Å². The van der Waals surface area contributed by atoms with Crippen molar-refractivity contribution in [3.8, 4) is 0 Å². The molecule has 6 aliphatic heterocycles. The Hall–Kier alpha value is -5.73. The number of ether oxygens (including phenoxy) is 3. The molecule has 452 valence electrons. The van der Waals surface area contributed by atoms with Gasteiger partial charge in [-0.2, -0.15) is 11.8 Å². The van der Waals surface area contributed by atoms with Crippen LogP contribution in [0.15, 0.2) is 68.5 Å². The van der Waals surface area contributed by atoms with E-state index in [1.54, 1.807) is 26.0 Å². The van der Waals surface area contributed by atoms with Crippen molar-refractivity contribution < 1.29 is 58.0 Å². The number of methoxy groups -OCH3 is 2. The van der Waals surface area contributed by atoms with Crippen molar-refractivity contribution in [1.29, 1.82) is 0 Å². The van der Waals surface area contributed by atoms with Gasteiger partial charge in [-0.15, -0.1) is 11.8 Å². The molecule has 3 fully saturated rings. The highest BCUT2D eigenvalue weighted by Crippen LogP contribution is 2.31. The number of primary amides is 1. The third kappa shape index (κ3) is 17.4. The van der Waals surface area contributed by atoms with Crippen LogP contribution in [0.5, 0.6) is 0 Å². The predicted molar refractivity (Wildman–Crippen MR) is 314 cm³/mol. The minimum absolute atomic E-state index is 0.0189. The van der Waals surface area contributed by atoms with E-state index in [0.29, 0.717) is 36.3 Å². The van der Waals surface area contributed by atoms with Gasteiger partial charge in [0.25, 0.3) is 5.91 Å². The van der Waals surface area contributed by atoms with Crippen molar-refractivity contribution in [2.45, 2.75) is 146 Å². The number of guanidine groups is 2. The number of thioether (sulfide) groups is 2. The average molecular weight is 1180 g/mol. The first-order valence-corrected chi connectivity index (χ1v) is 31.0. The third-order valence-corrected chi connectivity index (χ3v) is 18.6. The maximum Gasteiger partial charge on any atom is 0.405 e. The number of nitrogens with zero attached hydrogens (tertiary/aromatic N) is 5. The van der Waals surface area contributed by atoms with E-state index in [4.69, 9.17) is 29.9 Å². The molecule has 0 radical (unpaired) electrons. The molecule has 23 nitrogen and oxygen atoms in total. The van der Waals surface area contributed by atoms with E-state index in [1.165, 1.54) is 50.0 Å². The number of aliphatic imine (C=N–C) groups is 2. The monoisotopic (exact) mass is 1180 g/mol. The number of Topliss-reactive ketones (excluding diaryl/α,β-unsaturated/α-hetero) is 1. The lowest BCUT2D eigenvalue weighted by molar-refractivity contribution is -0.138. The summed E-state index contributed by atoms with van der Waals surface area (Å²) in [6.45, 7) is 11.3. The van der Waals surface area contributed by atoms with Crippen molar-refractivity contribution in [2.24, 2.45) is 27.6 Å². The second kappa shape index (κ2) is 30.7. The van der Waals surface area contributed by atoms with Crippen LogP contribution in [0, 0.1) is 11.8 Å². The molecule has 1 aliphatic carbocycles. The topological polar surface area (TPSA) is 308 Å². The molecular formula is C57H85N11O12S2. The summed E-state index contributed by atoms with van der Waals surface area (Å²) in [5, 5.41) is 36.5. The number of rotatable bonds is 20. The van der Waals surface area contributed by atoms with Crippen molar-refractivity contribution in [3.63, 3.8) is 0 Å². The molecule has 0 aromatic heterocycles. The van der Waals surface area contributed by atoms with Crippen LogP contribution in [0.1, 0.15) is 91.9 Å². The zero-order valence-electron chi connectivity index (χ0n) is 48.2. The fourth-order valence-electron chi connectivity index (χ4n) is 11.2. The number of fused-ring (bicyclic) bond motifs is 4. The minimum Gasteiger partial charge on any atom is -0.439 e. The number of nitrogens with two attached hydrogens (primary N) is 1. The first kappa shape index (κ1) is 63.8. The Morgan fingerprint density at radius 1 is 0.878 bits per heavy atom. The quantitative estimate of drug-likeness (QED) is 0.0373. The summed E-state index contributed by atoms with van der Waals surface area (Å²) < 4.78 is 16.8. The second-order valence-corrected chi connectivity index (χ2v) is 24.6. The molecule has 11 atom stereocenters. The van der Waals surface area contributed by atoms with Crippen molar-refractivity contribution in [1.82, 2.24) is 41.3 Å². The summed E-state index contributed by atoms with van der Waals surface area (Å²) in [5.41, 5.74) is 6.19. The maximum absolute atomic E-state index is 14.2. The summed E-state index contributed by atoms with van der Waals surface area (Å²) >= 11 is 3.41. The highest BCUT2D eigenvalue weighted by atomic mass is 32.2. The minimum atomic E-state index is -1.04. The lowest BCUT2D eigenvalue weighted by Gasteiger charge is -2.40. The molecule has 3 saturated heterocycles. The molecule has 0 spiro atoms. The molecule has 7 rings (SSSR count). The summed E-state index contributed by atoms with van der Waals surface area (Å²) in [5.74, 6) is 1.14. The molecule has 82 heavy (non-hydrogen) atoms. The van der Waals surface area contributed by atoms with Gasteiger partial charge in [-0.3, -0.25) is 33.7 Å². The van der Waals surface area contributed by atoms with Gasteiger partial charge in [-0.25, -0.2) is 14.8 Å². The summed E-state index contributed by atoms with van der Waals surface area (Å²) in [6, 6.07) is 0.659. The Morgan fingerprint density at radius 2 is 1.55 bits per heavy atom. The van der Waals surface area contributed by atoms with Crippen LogP contribution in [-0.4, -0.2) is 216 Å². The Morgan fingerprint density at radius 3 is 2.21 bits per heavy atom. The third-order valence-electron chi connectivity index (χ3n) is 15.9. The summed E-state index contributed by atoms with van der Waals surface area (Å²) in [6.07, 6.45) is 7.95. The molecule has 7 aliphatic rings. The molecule has 0 aromatic carbocycles. The van der Waals surface area contributed by atoms with Crippen LogP contribution in [0.2, 0.25) is 0 Å².